The van der Waals surface area contributed by atoms with E-state index >= 15 is 0 Å². The predicted octanol–water partition coefficient (Wildman–Crippen LogP) is 2.97. The van der Waals surface area contributed by atoms with Crippen LogP contribution in [0.2, 0.25) is 0 Å². The molecule has 26 heavy (non-hydrogen) atoms. The monoisotopic (exact) mass is 369 g/mol. The summed E-state index contributed by atoms with van der Waals surface area (Å²) < 4.78 is 1.72. The molecule has 3 aromatic heterocycles. The lowest BCUT2D eigenvalue weighted by atomic mass is 10.2. The molecule has 1 aliphatic rings. The molecule has 1 N–H and O–H groups in total. The number of aryl methyl sites for hydroxylation is 2. The highest BCUT2D eigenvalue weighted by Crippen LogP contribution is 2.28. The van der Waals surface area contributed by atoms with E-state index in [1.807, 2.05) is 19.9 Å². The van der Waals surface area contributed by atoms with Crippen molar-refractivity contribution in [2.24, 2.45) is 0 Å². The largest absolute Gasteiger partial charge is 0.350 e. The normalized spacial score (nSPS) is 16.2. The molecule has 136 valence electrons. The number of hydrogen-bond donors (Lipinski definition) is 1. The average molecular weight is 369 g/mol. The summed E-state index contributed by atoms with van der Waals surface area (Å²) in [5.41, 5.74) is 3.01. The summed E-state index contributed by atoms with van der Waals surface area (Å²) in [6.07, 6.45) is 4.07. The van der Waals surface area contributed by atoms with E-state index in [0.717, 1.165) is 24.5 Å². The van der Waals surface area contributed by atoms with Gasteiger partial charge in [0.25, 0.3) is 5.91 Å². The Morgan fingerprint density at radius 1 is 1.35 bits per heavy atom. The highest BCUT2D eigenvalue weighted by Gasteiger charge is 2.25. The van der Waals surface area contributed by atoms with Crippen molar-refractivity contribution >= 4 is 22.9 Å². The molecular formula is C19H23N5OS. The first kappa shape index (κ1) is 17.2. The molecule has 1 fully saturated rings. The van der Waals surface area contributed by atoms with Gasteiger partial charge in [0.15, 0.2) is 5.65 Å². The molecule has 0 bridgehead atoms. The van der Waals surface area contributed by atoms with Gasteiger partial charge in [-0.15, -0.1) is 11.3 Å². The number of carbonyl (C=O) groups excluding carboxylic acids is 1. The second kappa shape index (κ2) is 7.17. The lowest BCUT2D eigenvalue weighted by Crippen LogP contribution is -2.36. The maximum Gasteiger partial charge on any atom is 0.256 e. The lowest BCUT2D eigenvalue weighted by molar-refractivity contribution is 0.0940. The molecule has 1 saturated heterocycles. The molecule has 1 amide bonds. The number of likely N-dealkylation sites (tertiary alicyclic amines) is 1. The van der Waals surface area contributed by atoms with Crippen molar-refractivity contribution in [3.63, 3.8) is 0 Å². The van der Waals surface area contributed by atoms with Gasteiger partial charge < -0.3 is 5.32 Å². The van der Waals surface area contributed by atoms with Gasteiger partial charge in [-0.1, -0.05) is 6.07 Å². The van der Waals surface area contributed by atoms with E-state index in [0.29, 0.717) is 17.8 Å². The molecule has 1 aliphatic heterocycles. The summed E-state index contributed by atoms with van der Waals surface area (Å²) in [5.74, 6) is -0.113. The van der Waals surface area contributed by atoms with E-state index in [9.17, 15) is 4.79 Å². The van der Waals surface area contributed by atoms with Crippen molar-refractivity contribution in [2.75, 3.05) is 19.6 Å². The first-order valence-corrected chi connectivity index (χ1v) is 9.89. The first-order chi connectivity index (χ1) is 12.6. The van der Waals surface area contributed by atoms with Gasteiger partial charge in [0.05, 0.1) is 12.2 Å². The van der Waals surface area contributed by atoms with Crippen molar-refractivity contribution in [2.45, 2.75) is 32.7 Å². The number of thiophene rings is 1. The van der Waals surface area contributed by atoms with Crippen LogP contribution in [0.1, 0.15) is 45.5 Å². The lowest BCUT2D eigenvalue weighted by Gasteiger charge is -2.26. The molecule has 0 unspecified atom stereocenters. The number of nitrogens with one attached hydrogen (secondary N) is 1. The zero-order valence-electron chi connectivity index (χ0n) is 15.1. The Kier molecular flexibility index (Phi) is 4.74. The fourth-order valence-corrected chi connectivity index (χ4v) is 4.52. The van der Waals surface area contributed by atoms with E-state index in [1.54, 1.807) is 22.0 Å². The molecule has 3 aromatic rings. The molecule has 0 radical (unpaired) electrons. The van der Waals surface area contributed by atoms with Crippen LogP contribution < -0.4 is 5.32 Å². The number of fused-ring (bicyclic) bond motifs is 1. The topological polar surface area (TPSA) is 62.5 Å². The van der Waals surface area contributed by atoms with Gasteiger partial charge >= 0.3 is 0 Å². The summed E-state index contributed by atoms with van der Waals surface area (Å²) >= 11 is 1.75. The van der Waals surface area contributed by atoms with Crippen molar-refractivity contribution in [3.8, 4) is 0 Å². The number of rotatable bonds is 5. The SMILES string of the molecule is Cc1cc(C)n2ncc(C(=O)NC[C@H](c3cccs3)N3CCCC3)c2n1. The zero-order chi connectivity index (χ0) is 18.1. The van der Waals surface area contributed by atoms with Gasteiger partial charge in [0.1, 0.15) is 5.56 Å². The fourth-order valence-electron chi connectivity index (χ4n) is 3.66. The van der Waals surface area contributed by atoms with Crippen molar-refractivity contribution in [1.82, 2.24) is 24.8 Å². The van der Waals surface area contributed by atoms with Crippen LogP contribution in [0, 0.1) is 13.8 Å². The average Bonchev–Trinajstić information content (AvgIpc) is 3.36. The number of carbonyl (C=O) groups is 1. The van der Waals surface area contributed by atoms with Crippen LogP contribution in [0.3, 0.4) is 0 Å². The molecule has 7 heteroatoms. The van der Waals surface area contributed by atoms with E-state index in [4.69, 9.17) is 0 Å². The Labute approximate surface area is 156 Å². The molecule has 0 spiro atoms. The molecule has 4 rings (SSSR count). The van der Waals surface area contributed by atoms with Crippen LogP contribution in [-0.2, 0) is 0 Å². The summed E-state index contributed by atoms with van der Waals surface area (Å²) in [5, 5.41) is 9.53. The highest BCUT2D eigenvalue weighted by atomic mass is 32.1. The molecule has 0 aliphatic carbocycles. The van der Waals surface area contributed by atoms with E-state index in [2.05, 4.69) is 37.8 Å². The number of aromatic nitrogens is 3. The van der Waals surface area contributed by atoms with Gasteiger partial charge in [0.2, 0.25) is 0 Å². The minimum Gasteiger partial charge on any atom is -0.350 e. The van der Waals surface area contributed by atoms with Crippen LogP contribution in [0.15, 0.2) is 29.8 Å². The first-order valence-electron chi connectivity index (χ1n) is 9.01. The van der Waals surface area contributed by atoms with Crippen molar-refractivity contribution < 1.29 is 4.79 Å². The van der Waals surface area contributed by atoms with Crippen LogP contribution >= 0.6 is 11.3 Å². The van der Waals surface area contributed by atoms with Crippen LogP contribution in [0.4, 0.5) is 0 Å². The standard InChI is InChI=1S/C19H23N5OS/c1-13-10-14(2)24-18(22-13)15(11-21-24)19(25)20-12-16(17-6-5-9-26-17)23-7-3-4-8-23/h5-6,9-11,16H,3-4,7-8,12H2,1-2H3,(H,20,25)/t16-/m1/s1. The predicted molar refractivity (Wildman–Crippen MR) is 103 cm³/mol. The van der Waals surface area contributed by atoms with E-state index < -0.39 is 0 Å². The molecular weight excluding hydrogens is 346 g/mol. The highest BCUT2D eigenvalue weighted by molar-refractivity contribution is 7.10. The molecule has 4 heterocycles. The van der Waals surface area contributed by atoms with Gasteiger partial charge in [0, 0.05) is 22.8 Å². The van der Waals surface area contributed by atoms with Crippen LogP contribution in [0.5, 0.6) is 0 Å². The second-order valence-corrected chi connectivity index (χ2v) is 7.80. The maximum atomic E-state index is 12.8. The minimum atomic E-state index is -0.113. The number of hydrogen-bond acceptors (Lipinski definition) is 5. The quantitative estimate of drug-likeness (QED) is 0.751. The maximum absolute atomic E-state index is 12.8. The van der Waals surface area contributed by atoms with Gasteiger partial charge in [-0.25, -0.2) is 9.50 Å². The van der Waals surface area contributed by atoms with Gasteiger partial charge in [-0.3, -0.25) is 9.69 Å². The Morgan fingerprint density at radius 3 is 2.88 bits per heavy atom. The zero-order valence-corrected chi connectivity index (χ0v) is 15.9. The smallest absolute Gasteiger partial charge is 0.256 e. The minimum absolute atomic E-state index is 0.113. The summed E-state index contributed by atoms with van der Waals surface area (Å²) in [4.78, 5) is 21.1. The van der Waals surface area contributed by atoms with Crippen LogP contribution in [-0.4, -0.2) is 45.0 Å². The molecule has 0 aromatic carbocycles. The second-order valence-electron chi connectivity index (χ2n) is 6.82. The van der Waals surface area contributed by atoms with Crippen molar-refractivity contribution in [3.05, 3.63) is 51.6 Å². The third kappa shape index (κ3) is 3.24. The van der Waals surface area contributed by atoms with Crippen LogP contribution in [0.25, 0.3) is 5.65 Å². The third-order valence-electron chi connectivity index (χ3n) is 4.93. The van der Waals surface area contributed by atoms with Gasteiger partial charge in [-0.05, 0) is 57.3 Å². The molecule has 6 nitrogen and oxygen atoms in total. The van der Waals surface area contributed by atoms with E-state index in [-0.39, 0.29) is 11.9 Å². The number of nitrogens with zero attached hydrogens (tertiary/aromatic N) is 4. The Bertz CT molecular complexity index is 912. The number of amides is 1. The summed E-state index contributed by atoms with van der Waals surface area (Å²) in [6, 6.07) is 6.43. The Morgan fingerprint density at radius 2 is 2.15 bits per heavy atom. The fraction of sp³-hybridized carbons (Fsp3) is 0.421. The summed E-state index contributed by atoms with van der Waals surface area (Å²) in [7, 11) is 0. The Hall–Kier alpha value is -2.25. The Balaban J connectivity index is 1.54. The van der Waals surface area contributed by atoms with Crippen molar-refractivity contribution in [1.29, 1.82) is 0 Å². The summed E-state index contributed by atoms with van der Waals surface area (Å²) in [6.45, 7) is 6.68. The van der Waals surface area contributed by atoms with E-state index in [1.165, 1.54) is 17.7 Å². The molecule has 0 saturated carbocycles. The third-order valence-corrected chi connectivity index (χ3v) is 5.91. The molecule has 1 atom stereocenters. The van der Waals surface area contributed by atoms with Gasteiger partial charge in [-0.2, -0.15) is 5.10 Å².